The second kappa shape index (κ2) is 14.6. The maximum Gasteiger partial charge on any atom is 0.304 e. The fourth-order valence-corrected chi connectivity index (χ4v) is 2.33. The molecule has 0 heterocycles. The Bertz CT molecular complexity index is 167. The van der Waals surface area contributed by atoms with E-state index in [2.05, 4.69) is 0 Å². The zero-order valence-corrected chi connectivity index (χ0v) is 10.3. The molecule has 0 aliphatic heterocycles. The molecular weight excluding hydrogens is 256 g/mol. The van der Waals surface area contributed by atoms with Gasteiger partial charge in [0.05, 0.1) is 26.1 Å². The summed E-state index contributed by atoms with van der Waals surface area (Å²) in [4.78, 5) is 20.0. The lowest BCUT2D eigenvalue weighted by Crippen LogP contribution is -1.96. The van der Waals surface area contributed by atoms with Gasteiger partial charge in [0, 0.05) is 11.5 Å². The first-order chi connectivity index (χ1) is 7.54. The Morgan fingerprint density at radius 1 is 0.812 bits per heavy atom. The number of carboxylic acids is 2. The quantitative estimate of drug-likeness (QED) is 0.368. The van der Waals surface area contributed by atoms with Gasteiger partial charge in [-0.2, -0.15) is 0 Å². The van der Waals surface area contributed by atoms with Crippen LogP contribution in [-0.4, -0.2) is 57.1 Å². The smallest absolute Gasteiger partial charge is 0.304 e. The third-order valence-electron chi connectivity index (χ3n) is 0.982. The van der Waals surface area contributed by atoms with E-state index < -0.39 is 11.9 Å². The molecule has 0 amide bonds. The van der Waals surface area contributed by atoms with E-state index in [1.54, 1.807) is 0 Å². The van der Waals surface area contributed by atoms with Crippen molar-refractivity contribution in [1.82, 2.24) is 0 Å². The Morgan fingerprint density at radius 2 is 1.12 bits per heavy atom. The molecular formula is C8H16O6S2. The molecule has 6 nitrogen and oxygen atoms in total. The Balaban J connectivity index is 0. The molecule has 96 valence electrons. The minimum atomic E-state index is -0.818. The summed E-state index contributed by atoms with van der Waals surface area (Å²) in [6.45, 7) is -0.250. The first kappa shape index (κ1) is 17.9. The van der Waals surface area contributed by atoms with Crippen LogP contribution in [0.5, 0.6) is 0 Å². The first-order valence-electron chi connectivity index (χ1n) is 4.44. The standard InChI is InChI=1S/C6H10O4S2.C2H6O2/c7-5(8)1-3-11-12-4-2-6(9)10;3-1-2-4/h1-4H2,(H,7,8)(H,9,10);3-4H,1-2H2. The van der Waals surface area contributed by atoms with E-state index in [0.717, 1.165) is 0 Å². The third-order valence-corrected chi connectivity index (χ3v) is 3.39. The van der Waals surface area contributed by atoms with Gasteiger partial charge in [-0.15, -0.1) is 0 Å². The predicted octanol–water partition coefficient (Wildman–Crippen LogP) is 0.288. The SMILES string of the molecule is O=C(O)CCSSCCC(=O)O.OCCO. The molecule has 0 saturated heterocycles. The lowest BCUT2D eigenvalue weighted by Gasteiger charge is -1.95. The number of aliphatic hydroxyl groups is 2. The number of hydrogen-bond donors (Lipinski definition) is 4. The second-order valence-electron chi connectivity index (χ2n) is 2.38. The maximum atomic E-state index is 10.0. The Kier molecular flexibility index (Phi) is 16.3. The molecule has 0 saturated carbocycles. The van der Waals surface area contributed by atoms with Crippen molar-refractivity contribution < 1.29 is 30.0 Å². The summed E-state index contributed by atoms with van der Waals surface area (Å²) >= 11 is 0. The van der Waals surface area contributed by atoms with Crippen molar-refractivity contribution in [3.63, 3.8) is 0 Å². The minimum Gasteiger partial charge on any atom is -0.481 e. The van der Waals surface area contributed by atoms with Crippen LogP contribution in [0.1, 0.15) is 12.8 Å². The number of carbonyl (C=O) groups is 2. The molecule has 0 rings (SSSR count). The van der Waals surface area contributed by atoms with Crippen LogP contribution in [0.4, 0.5) is 0 Å². The fraction of sp³-hybridized carbons (Fsp3) is 0.750. The molecule has 0 aliphatic rings. The van der Waals surface area contributed by atoms with E-state index >= 15 is 0 Å². The van der Waals surface area contributed by atoms with E-state index in [1.807, 2.05) is 0 Å². The van der Waals surface area contributed by atoms with Gasteiger partial charge in [0.15, 0.2) is 0 Å². The summed E-state index contributed by atoms with van der Waals surface area (Å²) in [5.74, 6) is -0.582. The van der Waals surface area contributed by atoms with Crippen LogP contribution in [0.15, 0.2) is 0 Å². The van der Waals surface area contributed by atoms with Crippen LogP contribution in [0.3, 0.4) is 0 Å². The Labute approximate surface area is 101 Å². The summed E-state index contributed by atoms with van der Waals surface area (Å²) in [5, 5.41) is 31.7. The summed E-state index contributed by atoms with van der Waals surface area (Å²) in [6, 6.07) is 0. The normalized spacial score (nSPS) is 9.12. The van der Waals surface area contributed by atoms with Gasteiger partial charge in [-0.05, 0) is 0 Å². The van der Waals surface area contributed by atoms with Crippen LogP contribution >= 0.6 is 21.6 Å². The van der Waals surface area contributed by atoms with Gasteiger partial charge in [0.1, 0.15) is 0 Å². The summed E-state index contributed by atoms with van der Waals surface area (Å²) in [7, 11) is 2.79. The lowest BCUT2D eigenvalue weighted by molar-refractivity contribution is -0.137. The van der Waals surface area contributed by atoms with Gasteiger partial charge in [-0.3, -0.25) is 9.59 Å². The minimum absolute atomic E-state index is 0.125. The number of carboxylic acid groups (broad SMARTS) is 2. The zero-order chi connectivity index (χ0) is 12.8. The van der Waals surface area contributed by atoms with Crippen molar-refractivity contribution >= 4 is 33.5 Å². The monoisotopic (exact) mass is 272 g/mol. The number of aliphatic carboxylic acids is 2. The highest BCUT2D eigenvalue weighted by Crippen LogP contribution is 2.22. The molecule has 4 N–H and O–H groups in total. The van der Waals surface area contributed by atoms with E-state index in [0.29, 0.717) is 11.5 Å². The third kappa shape index (κ3) is 23.4. The summed E-state index contributed by atoms with van der Waals surface area (Å²) in [5.41, 5.74) is 0. The van der Waals surface area contributed by atoms with Crippen LogP contribution < -0.4 is 0 Å². The highest BCUT2D eigenvalue weighted by atomic mass is 33.1. The molecule has 0 aromatic heterocycles. The molecule has 0 atom stereocenters. The van der Waals surface area contributed by atoms with Crippen LogP contribution in [0.2, 0.25) is 0 Å². The highest BCUT2D eigenvalue weighted by Gasteiger charge is 1.99. The van der Waals surface area contributed by atoms with E-state index in [9.17, 15) is 9.59 Å². The summed E-state index contributed by atoms with van der Waals surface area (Å²) < 4.78 is 0. The highest BCUT2D eigenvalue weighted by molar-refractivity contribution is 8.76. The molecule has 8 heteroatoms. The Morgan fingerprint density at radius 3 is 1.31 bits per heavy atom. The molecule has 0 radical (unpaired) electrons. The molecule has 0 unspecified atom stereocenters. The van der Waals surface area contributed by atoms with Gasteiger partial charge < -0.3 is 20.4 Å². The first-order valence-corrected chi connectivity index (χ1v) is 6.93. The molecule has 16 heavy (non-hydrogen) atoms. The molecule has 0 aromatic rings. The van der Waals surface area contributed by atoms with E-state index in [4.69, 9.17) is 20.4 Å². The van der Waals surface area contributed by atoms with Crippen LogP contribution in [0.25, 0.3) is 0 Å². The van der Waals surface area contributed by atoms with Gasteiger partial charge in [-0.1, -0.05) is 21.6 Å². The van der Waals surface area contributed by atoms with Crippen molar-refractivity contribution in [3.8, 4) is 0 Å². The van der Waals surface area contributed by atoms with Gasteiger partial charge in [0.2, 0.25) is 0 Å². The second-order valence-corrected chi connectivity index (χ2v) is 5.08. The molecule has 0 spiro atoms. The fourth-order valence-electron chi connectivity index (χ4n) is 0.376. The molecule has 0 aromatic carbocycles. The van der Waals surface area contributed by atoms with E-state index in [1.165, 1.54) is 21.6 Å². The van der Waals surface area contributed by atoms with E-state index in [-0.39, 0.29) is 26.1 Å². The van der Waals surface area contributed by atoms with Gasteiger partial charge in [0.25, 0.3) is 0 Å². The molecule has 0 bridgehead atoms. The van der Waals surface area contributed by atoms with Gasteiger partial charge in [-0.25, -0.2) is 0 Å². The van der Waals surface area contributed by atoms with Crippen molar-refractivity contribution in [2.75, 3.05) is 24.7 Å². The van der Waals surface area contributed by atoms with Crippen molar-refractivity contribution in [2.45, 2.75) is 12.8 Å². The topological polar surface area (TPSA) is 115 Å². The number of rotatable bonds is 8. The Hall–Kier alpha value is -0.440. The predicted molar refractivity (Wildman–Crippen MR) is 63.6 cm³/mol. The zero-order valence-electron chi connectivity index (χ0n) is 8.66. The van der Waals surface area contributed by atoms with Crippen LogP contribution in [0, 0.1) is 0 Å². The van der Waals surface area contributed by atoms with Gasteiger partial charge >= 0.3 is 11.9 Å². The molecule has 0 fully saturated rings. The average Bonchev–Trinajstić information content (AvgIpc) is 2.23. The van der Waals surface area contributed by atoms with Crippen molar-refractivity contribution in [1.29, 1.82) is 0 Å². The maximum absolute atomic E-state index is 10.0. The number of aliphatic hydroxyl groups excluding tert-OH is 2. The van der Waals surface area contributed by atoms with Crippen molar-refractivity contribution in [3.05, 3.63) is 0 Å². The van der Waals surface area contributed by atoms with Crippen molar-refractivity contribution in [2.24, 2.45) is 0 Å². The molecule has 0 aliphatic carbocycles. The largest absolute Gasteiger partial charge is 0.481 e. The average molecular weight is 272 g/mol. The lowest BCUT2D eigenvalue weighted by atomic mass is 10.5. The van der Waals surface area contributed by atoms with Crippen LogP contribution in [-0.2, 0) is 9.59 Å². The number of hydrogen-bond acceptors (Lipinski definition) is 6. The summed E-state index contributed by atoms with van der Waals surface area (Å²) in [6.07, 6.45) is 0.259.